The molecule has 82 valence electrons. The van der Waals surface area contributed by atoms with E-state index in [0.29, 0.717) is 5.76 Å². The van der Waals surface area contributed by atoms with Crippen molar-refractivity contribution in [2.45, 2.75) is 13.8 Å². The van der Waals surface area contributed by atoms with E-state index in [-0.39, 0.29) is 17.5 Å². The molecule has 0 aliphatic heterocycles. The summed E-state index contributed by atoms with van der Waals surface area (Å²) >= 11 is 0. The summed E-state index contributed by atoms with van der Waals surface area (Å²) in [4.78, 5) is 15.2. The Labute approximate surface area is 93.1 Å². The highest BCUT2D eigenvalue weighted by atomic mass is 16.4. The first-order valence-electron chi connectivity index (χ1n) is 4.92. The Morgan fingerprint density at radius 1 is 1.31 bits per heavy atom. The number of benzene rings is 1. The normalized spacial score (nSPS) is 10.4. The van der Waals surface area contributed by atoms with E-state index in [1.165, 1.54) is 6.92 Å². The third-order valence-corrected chi connectivity index (χ3v) is 2.29. The Kier molecular flexibility index (Phi) is 2.48. The molecule has 1 heterocycles. The van der Waals surface area contributed by atoms with Gasteiger partial charge in [0.25, 0.3) is 6.01 Å². The Hall–Kier alpha value is -2.10. The van der Waals surface area contributed by atoms with Gasteiger partial charge >= 0.3 is 0 Å². The van der Waals surface area contributed by atoms with Gasteiger partial charge in [-0.25, -0.2) is 0 Å². The number of nitrogens with two attached hydrogens (primary N) is 1. The van der Waals surface area contributed by atoms with Crippen LogP contribution in [0.5, 0.6) is 0 Å². The van der Waals surface area contributed by atoms with E-state index in [9.17, 15) is 4.79 Å². The average Bonchev–Trinajstić information content (AvgIpc) is 2.61. The average molecular weight is 216 g/mol. The van der Waals surface area contributed by atoms with Crippen molar-refractivity contribution >= 4 is 11.8 Å². The largest absolute Gasteiger partial charge is 0.423 e. The Bertz CT molecular complexity index is 526. The van der Waals surface area contributed by atoms with E-state index in [1.54, 1.807) is 0 Å². The van der Waals surface area contributed by atoms with E-state index in [1.807, 2.05) is 31.2 Å². The summed E-state index contributed by atoms with van der Waals surface area (Å²) in [7, 11) is 0. The quantitative estimate of drug-likeness (QED) is 0.783. The molecular formula is C12H12N2O2. The zero-order chi connectivity index (χ0) is 11.7. The van der Waals surface area contributed by atoms with Gasteiger partial charge in [-0.1, -0.05) is 29.8 Å². The van der Waals surface area contributed by atoms with Crippen LogP contribution in [0.3, 0.4) is 0 Å². The number of anilines is 1. The zero-order valence-electron chi connectivity index (χ0n) is 9.15. The molecular weight excluding hydrogens is 204 g/mol. The number of Topliss-reactive ketones (excluding diaryl/α,β-unsaturated/α-hetero) is 1. The predicted octanol–water partition coefficient (Wildman–Crippen LogP) is 2.43. The van der Waals surface area contributed by atoms with Crippen LogP contribution in [0.2, 0.25) is 0 Å². The van der Waals surface area contributed by atoms with Crippen molar-refractivity contribution in [1.82, 2.24) is 4.98 Å². The van der Waals surface area contributed by atoms with E-state index in [4.69, 9.17) is 10.2 Å². The molecule has 0 fully saturated rings. The van der Waals surface area contributed by atoms with Crippen molar-refractivity contribution in [3.05, 3.63) is 35.5 Å². The van der Waals surface area contributed by atoms with Crippen molar-refractivity contribution in [1.29, 1.82) is 0 Å². The number of rotatable bonds is 2. The number of aromatic nitrogens is 1. The summed E-state index contributed by atoms with van der Waals surface area (Å²) in [5, 5.41) is 0. The van der Waals surface area contributed by atoms with Gasteiger partial charge in [-0.2, -0.15) is 4.98 Å². The molecule has 0 radical (unpaired) electrons. The van der Waals surface area contributed by atoms with Gasteiger partial charge in [0, 0.05) is 12.5 Å². The van der Waals surface area contributed by atoms with Crippen LogP contribution in [0, 0.1) is 6.92 Å². The maximum absolute atomic E-state index is 11.3. The summed E-state index contributed by atoms with van der Waals surface area (Å²) in [6, 6.07) is 7.65. The van der Waals surface area contributed by atoms with Gasteiger partial charge in [-0.3, -0.25) is 4.79 Å². The minimum atomic E-state index is -0.156. The fourth-order valence-corrected chi connectivity index (χ4v) is 1.48. The van der Waals surface area contributed by atoms with Gasteiger partial charge in [0.2, 0.25) is 0 Å². The molecule has 4 heteroatoms. The third-order valence-electron chi connectivity index (χ3n) is 2.29. The lowest BCUT2D eigenvalue weighted by atomic mass is 10.1. The number of ketones is 1. The zero-order valence-corrected chi connectivity index (χ0v) is 9.15. The van der Waals surface area contributed by atoms with Gasteiger partial charge in [-0.15, -0.1) is 0 Å². The summed E-state index contributed by atoms with van der Waals surface area (Å²) in [6.07, 6.45) is 0. The molecule has 1 aromatic heterocycles. The molecule has 0 amide bonds. The maximum atomic E-state index is 11.3. The van der Waals surface area contributed by atoms with Crippen LogP contribution in [-0.4, -0.2) is 10.8 Å². The molecule has 0 unspecified atom stereocenters. The second-order valence-electron chi connectivity index (χ2n) is 3.65. The SMILES string of the molecule is CC(=O)c1nc(N)oc1-c1ccc(C)cc1. The van der Waals surface area contributed by atoms with E-state index < -0.39 is 0 Å². The molecule has 0 saturated carbocycles. The van der Waals surface area contributed by atoms with E-state index in [0.717, 1.165) is 11.1 Å². The van der Waals surface area contributed by atoms with Crippen molar-refractivity contribution < 1.29 is 9.21 Å². The predicted molar refractivity (Wildman–Crippen MR) is 61.1 cm³/mol. The first-order chi connectivity index (χ1) is 7.58. The highest BCUT2D eigenvalue weighted by molar-refractivity contribution is 5.97. The molecule has 0 saturated heterocycles. The molecule has 2 rings (SSSR count). The topological polar surface area (TPSA) is 69.1 Å². The van der Waals surface area contributed by atoms with Crippen LogP contribution in [0.15, 0.2) is 28.7 Å². The van der Waals surface area contributed by atoms with Crippen molar-refractivity contribution in [2.24, 2.45) is 0 Å². The number of carbonyl (C=O) groups is 1. The second kappa shape index (κ2) is 3.81. The number of carbonyl (C=O) groups excluding carboxylic acids is 1. The lowest BCUT2D eigenvalue weighted by molar-refractivity contribution is 0.101. The fraction of sp³-hybridized carbons (Fsp3) is 0.167. The molecule has 0 spiro atoms. The Morgan fingerprint density at radius 3 is 2.50 bits per heavy atom. The Morgan fingerprint density at radius 2 is 1.94 bits per heavy atom. The van der Waals surface area contributed by atoms with Crippen molar-refractivity contribution in [3.63, 3.8) is 0 Å². The van der Waals surface area contributed by atoms with Crippen LogP contribution >= 0.6 is 0 Å². The minimum absolute atomic E-state index is 0.0146. The number of oxazole rings is 1. The monoisotopic (exact) mass is 216 g/mol. The van der Waals surface area contributed by atoms with Gasteiger partial charge in [0.05, 0.1) is 0 Å². The fourth-order valence-electron chi connectivity index (χ4n) is 1.48. The molecule has 16 heavy (non-hydrogen) atoms. The minimum Gasteiger partial charge on any atom is -0.423 e. The third kappa shape index (κ3) is 1.82. The van der Waals surface area contributed by atoms with Gasteiger partial charge in [0.1, 0.15) is 0 Å². The lowest BCUT2D eigenvalue weighted by Crippen LogP contribution is -1.95. The first kappa shape index (κ1) is 10.4. The number of hydrogen-bond acceptors (Lipinski definition) is 4. The molecule has 4 nitrogen and oxygen atoms in total. The standard InChI is InChI=1S/C12H12N2O2/c1-7-3-5-9(6-4-7)11-10(8(2)15)14-12(13)16-11/h3-6H,1-2H3,(H2,13,14). The van der Waals surface area contributed by atoms with Crippen molar-refractivity contribution in [3.8, 4) is 11.3 Å². The van der Waals surface area contributed by atoms with Crippen LogP contribution < -0.4 is 5.73 Å². The highest BCUT2D eigenvalue weighted by Crippen LogP contribution is 2.26. The second-order valence-corrected chi connectivity index (χ2v) is 3.65. The maximum Gasteiger partial charge on any atom is 0.293 e. The summed E-state index contributed by atoms with van der Waals surface area (Å²) in [5.74, 6) is 0.279. The molecule has 0 aliphatic rings. The highest BCUT2D eigenvalue weighted by Gasteiger charge is 2.16. The summed E-state index contributed by atoms with van der Waals surface area (Å²) in [6.45, 7) is 3.43. The molecule has 1 aromatic carbocycles. The van der Waals surface area contributed by atoms with Crippen LogP contribution in [0.1, 0.15) is 23.0 Å². The van der Waals surface area contributed by atoms with Gasteiger partial charge in [-0.05, 0) is 6.92 Å². The first-order valence-corrected chi connectivity index (χ1v) is 4.92. The van der Waals surface area contributed by atoms with Gasteiger partial charge < -0.3 is 10.2 Å². The smallest absolute Gasteiger partial charge is 0.293 e. The molecule has 2 N–H and O–H groups in total. The number of nitrogen functional groups attached to an aromatic ring is 1. The van der Waals surface area contributed by atoms with Crippen LogP contribution in [0.25, 0.3) is 11.3 Å². The summed E-state index contributed by atoms with van der Waals surface area (Å²) < 4.78 is 5.25. The van der Waals surface area contributed by atoms with Crippen LogP contribution in [0.4, 0.5) is 6.01 Å². The molecule has 0 atom stereocenters. The number of nitrogens with zero attached hydrogens (tertiary/aromatic N) is 1. The Balaban J connectivity index is 2.55. The van der Waals surface area contributed by atoms with E-state index in [2.05, 4.69) is 4.98 Å². The summed E-state index contributed by atoms with van der Waals surface area (Å²) in [5.41, 5.74) is 7.68. The number of aryl methyl sites for hydroxylation is 1. The molecule has 2 aromatic rings. The molecule has 0 aliphatic carbocycles. The van der Waals surface area contributed by atoms with Gasteiger partial charge in [0.15, 0.2) is 17.2 Å². The number of hydrogen-bond donors (Lipinski definition) is 1. The molecule has 0 bridgehead atoms. The van der Waals surface area contributed by atoms with Crippen molar-refractivity contribution in [2.75, 3.05) is 5.73 Å². The van der Waals surface area contributed by atoms with Crippen LogP contribution in [-0.2, 0) is 0 Å². The lowest BCUT2D eigenvalue weighted by Gasteiger charge is -1.98. The van der Waals surface area contributed by atoms with E-state index >= 15 is 0 Å².